The number of halogens is 2. The number of carbonyl (C=O) groups excluding carboxylic acids is 1. The summed E-state index contributed by atoms with van der Waals surface area (Å²) in [5, 5.41) is 7.43. The van der Waals surface area contributed by atoms with Crippen molar-refractivity contribution in [3.8, 4) is 0 Å². The minimum atomic E-state index is -0.154. The normalized spacial score (nSPS) is 21.5. The number of piperazine rings is 1. The number of nitrogens with zero attached hydrogens (tertiary/aromatic N) is 4. The Morgan fingerprint density at radius 2 is 2.11 bits per heavy atom. The Bertz CT molecular complexity index is 581. The topological polar surface area (TPSA) is 83.7 Å². The van der Waals surface area contributed by atoms with E-state index in [0.717, 1.165) is 44.2 Å². The van der Waals surface area contributed by atoms with E-state index in [9.17, 15) is 4.79 Å². The Morgan fingerprint density at radius 3 is 2.75 bits per heavy atom. The van der Waals surface area contributed by atoms with Gasteiger partial charge in [-0.1, -0.05) is 5.16 Å². The summed E-state index contributed by atoms with van der Waals surface area (Å²) in [6.45, 7) is 9.29. The molecule has 11 heteroatoms. The van der Waals surface area contributed by atoms with Crippen LogP contribution in [-0.2, 0) is 16.1 Å². The molecule has 0 aromatic carbocycles. The average molecular weight is 456 g/mol. The molecule has 0 bridgehead atoms. The molecule has 0 spiro atoms. The number of nitrogens with one attached hydrogen (secondary N) is 1. The van der Waals surface area contributed by atoms with Crippen molar-refractivity contribution in [2.24, 2.45) is 0 Å². The summed E-state index contributed by atoms with van der Waals surface area (Å²) in [5.41, 5.74) is 0. The van der Waals surface area contributed by atoms with Crippen molar-refractivity contribution < 1.29 is 14.1 Å². The lowest BCUT2D eigenvalue weighted by Gasteiger charge is -2.35. The molecule has 1 amide bonds. The van der Waals surface area contributed by atoms with Crippen molar-refractivity contribution >= 4 is 42.5 Å². The molecule has 1 N–H and O–H groups in total. The molecule has 0 aliphatic carbocycles. The summed E-state index contributed by atoms with van der Waals surface area (Å²) in [4.78, 5) is 21.1. The fourth-order valence-electron chi connectivity index (χ4n) is 3.26. The highest BCUT2D eigenvalue weighted by atomic mass is 35.5. The van der Waals surface area contributed by atoms with E-state index >= 15 is 0 Å². The van der Waals surface area contributed by atoms with Gasteiger partial charge in [-0.2, -0.15) is 16.7 Å². The van der Waals surface area contributed by atoms with Crippen LogP contribution in [0.3, 0.4) is 0 Å². The van der Waals surface area contributed by atoms with Gasteiger partial charge in [0, 0.05) is 63.3 Å². The fraction of sp³-hybridized carbons (Fsp3) is 0.824. The van der Waals surface area contributed by atoms with Crippen LogP contribution in [0.25, 0.3) is 0 Å². The van der Waals surface area contributed by atoms with Gasteiger partial charge in [0.2, 0.25) is 11.8 Å². The molecule has 3 rings (SSSR count). The van der Waals surface area contributed by atoms with Gasteiger partial charge in [-0.25, -0.2) is 0 Å². The number of rotatable bonds is 7. The van der Waals surface area contributed by atoms with Gasteiger partial charge in [0.25, 0.3) is 0 Å². The second kappa shape index (κ2) is 12.9. The maximum Gasteiger partial charge on any atom is 0.240 e. The average Bonchev–Trinajstić information content (AvgIpc) is 3.12. The maximum atomic E-state index is 12.5. The van der Waals surface area contributed by atoms with E-state index in [1.807, 2.05) is 30.5 Å². The summed E-state index contributed by atoms with van der Waals surface area (Å²) in [6, 6.07) is 0.323. The zero-order chi connectivity index (χ0) is 18.4. The van der Waals surface area contributed by atoms with Crippen molar-refractivity contribution in [3.63, 3.8) is 0 Å². The fourth-order valence-corrected chi connectivity index (χ4v) is 4.21. The van der Waals surface area contributed by atoms with E-state index in [1.165, 1.54) is 0 Å². The molecule has 162 valence electrons. The van der Waals surface area contributed by atoms with E-state index in [2.05, 4.69) is 20.4 Å². The molecular weight excluding hydrogens is 425 g/mol. The molecule has 0 radical (unpaired) electrons. The van der Waals surface area contributed by atoms with E-state index in [4.69, 9.17) is 9.26 Å². The summed E-state index contributed by atoms with van der Waals surface area (Å²) in [7, 11) is 0. The van der Waals surface area contributed by atoms with Gasteiger partial charge in [0.15, 0.2) is 5.82 Å². The first-order valence-corrected chi connectivity index (χ1v) is 10.6. The Balaban J connectivity index is 0.00000196. The maximum absolute atomic E-state index is 12.5. The van der Waals surface area contributed by atoms with Gasteiger partial charge in [0.1, 0.15) is 6.10 Å². The molecule has 8 nitrogen and oxygen atoms in total. The first kappa shape index (κ1) is 25.5. The van der Waals surface area contributed by atoms with Gasteiger partial charge < -0.3 is 19.5 Å². The van der Waals surface area contributed by atoms with E-state index in [1.54, 1.807) is 0 Å². The third-order valence-electron chi connectivity index (χ3n) is 4.77. The number of amides is 1. The third-order valence-corrected chi connectivity index (χ3v) is 5.90. The molecular formula is C17H31Cl2N5O3S. The molecule has 2 aliphatic heterocycles. The zero-order valence-corrected chi connectivity index (χ0v) is 18.9. The van der Waals surface area contributed by atoms with Crippen molar-refractivity contribution in [1.82, 2.24) is 25.3 Å². The van der Waals surface area contributed by atoms with Crippen LogP contribution in [0.5, 0.6) is 0 Å². The predicted octanol–water partition coefficient (Wildman–Crippen LogP) is 1.75. The number of aromatic nitrogens is 2. The second-order valence-electron chi connectivity index (χ2n) is 6.73. The second-order valence-corrected chi connectivity index (χ2v) is 7.88. The van der Waals surface area contributed by atoms with Crippen LogP contribution >= 0.6 is 36.6 Å². The van der Waals surface area contributed by atoms with Crippen molar-refractivity contribution in [3.05, 3.63) is 11.7 Å². The first-order valence-electron chi connectivity index (χ1n) is 9.41. The molecule has 28 heavy (non-hydrogen) atoms. The lowest BCUT2D eigenvalue weighted by molar-refractivity contribution is -0.133. The SMILES string of the molecule is CCOC(C)c1noc(CN2CCN(C(=O)CC3CSCCN3)CC2)n1.Cl.Cl. The Morgan fingerprint density at radius 1 is 1.36 bits per heavy atom. The Hall–Kier alpha value is -0.580. The molecule has 1 aromatic heterocycles. The number of hydrogen-bond donors (Lipinski definition) is 1. The minimum absolute atomic E-state index is 0. The van der Waals surface area contributed by atoms with E-state index in [0.29, 0.717) is 37.3 Å². The van der Waals surface area contributed by atoms with Gasteiger partial charge in [-0.15, -0.1) is 24.8 Å². The van der Waals surface area contributed by atoms with Crippen LogP contribution in [0.15, 0.2) is 4.52 Å². The largest absolute Gasteiger partial charge is 0.371 e. The molecule has 2 saturated heterocycles. The highest BCUT2D eigenvalue weighted by Gasteiger charge is 2.25. The lowest BCUT2D eigenvalue weighted by atomic mass is 10.2. The van der Waals surface area contributed by atoms with Crippen LogP contribution in [-0.4, -0.2) is 82.7 Å². The molecule has 2 unspecified atom stereocenters. The monoisotopic (exact) mass is 455 g/mol. The minimum Gasteiger partial charge on any atom is -0.371 e. The highest BCUT2D eigenvalue weighted by Crippen LogP contribution is 2.15. The smallest absolute Gasteiger partial charge is 0.240 e. The van der Waals surface area contributed by atoms with Crippen LogP contribution in [0.4, 0.5) is 0 Å². The molecule has 2 atom stereocenters. The molecule has 2 fully saturated rings. The Labute approximate surface area is 183 Å². The first-order chi connectivity index (χ1) is 12.7. The number of ether oxygens (including phenoxy) is 1. The third kappa shape index (κ3) is 7.35. The number of carbonyl (C=O) groups is 1. The van der Waals surface area contributed by atoms with Crippen LogP contribution in [0, 0.1) is 0 Å². The summed E-state index contributed by atoms with van der Waals surface area (Å²) in [5.74, 6) is 3.63. The highest BCUT2D eigenvalue weighted by molar-refractivity contribution is 7.99. The van der Waals surface area contributed by atoms with Gasteiger partial charge in [-0.3, -0.25) is 9.69 Å². The molecule has 1 aromatic rings. The van der Waals surface area contributed by atoms with Crippen molar-refractivity contribution in [2.75, 3.05) is 50.8 Å². The van der Waals surface area contributed by atoms with E-state index < -0.39 is 0 Å². The van der Waals surface area contributed by atoms with E-state index in [-0.39, 0.29) is 36.8 Å². The van der Waals surface area contributed by atoms with Crippen molar-refractivity contribution in [1.29, 1.82) is 0 Å². The number of thioether (sulfide) groups is 1. The molecule has 2 aliphatic rings. The van der Waals surface area contributed by atoms with Crippen LogP contribution in [0.2, 0.25) is 0 Å². The summed E-state index contributed by atoms with van der Waals surface area (Å²) >= 11 is 1.93. The number of hydrogen-bond acceptors (Lipinski definition) is 8. The summed E-state index contributed by atoms with van der Waals surface area (Å²) < 4.78 is 10.8. The van der Waals surface area contributed by atoms with Gasteiger partial charge >= 0.3 is 0 Å². The standard InChI is InChI=1S/C17H29N5O3S.2ClH/c1-3-24-13(2)17-19-15(25-20-17)11-21-5-7-22(8-6-21)16(23)10-14-12-26-9-4-18-14;;/h13-14,18H,3-12H2,1-2H3;2*1H. The van der Waals surface area contributed by atoms with Crippen LogP contribution < -0.4 is 5.32 Å². The van der Waals surface area contributed by atoms with Crippen molar-refractivity contribution in [2.45, 2.75) is 39.0 Å². The predicted molar refractivity (Wildman–Crippen MR) is 114 cm³/mol. The quantitative estimate of drug-likeness (QED) is 0.665. The van der Waals surface area contributed by atoms with Gasteiger partial charge in [0.05, 0.1) is 6.54 Å². The zero-order valence-electron chi connectivity index (χ0n) is 16.5. The van der Waals surface area contributed by atoms with Gasteiger partial charge in [-0.05, 0) is 13.8 Å². The molecule has 0 saturated carbocycles. The molecule has 3 heterocycles. The Kier molecular flexibility index (Phi) is 11.7. The lowest BCUT2D eigenvalue weighted by Crippen LogP contribution is -2.50. The van der Waals surface area contributed by atoms with Crippen LogP contribution in [0.1, 0.15) is 38.1 Å². The summed E-state index contributed by atoms with van der Waals surface area (Å²) in [6.07, 6.45) is 0.452.